The third kappa shape index (κ3) is 7.33. The van der Waals surface area contributed by atoms with Crippen LogP contribution in [0, 0.1) is 5.41 Å². The summed E-state index contributed by atoms with van der Waals surface area (Å²) in [5.41, 5.74) is 2.49. The minimum atomic E-state index is -0.0533. The Morgan fingerprint density at radius 1 is 1.45 bits per heavy atom. The Labute approximate surface area is 68.1 Å². The molecule has 0 aliphatic heterocycles. The van der Waals surface area contributed by atoms with Gasteiger partial charge in [0.2, 0.25) is 5.91 Å². The summed E-state index contributed by atoms with van der Waals surface area (Å²) in [7, 11) is 1.44. The monoisotopic (exact) mass is 159 g/mol. The van der Waals surface area contributed by atoms with E-state index in [1.54, 1.807) is 0 Å². The lowest BCUT2D eigenvalue weighted by Gasteiger charge is -2.16. The molecule has 3 heteroatoms. The van der Waals surface area contributed by atoms with E-state index in [9.17, 15) is 4.79 Å². The molecular formula is C8H17NO2. The van der Waals surface area contributed by atoms with Crippen LogP contribution < -0.4 is 5.48 Å². The SMILES string of the molecule is CONC(=O)CCC(C)(C)C. The van der Waals surface area contributed by atoms with Gasteiger partial charge in [0.1, 0.15) is 0 Å². The standard InChI is InChI=1S/C8H17NO2/c1-8(2,3)6-5-7(10)9-11-4/h5-6H2,1-4H3,(H,9,10). The summed E-state index contributed by atoms with van der Waals surface area (Å²) in [6.07, 6.45) is 1.40. The predicted molar refractivity (Wildman–Crippen MR) is 43.8 cm³/mol. The van der Waals surface area contributed by atoms with Crippen LogP contribution in [0.3, 0.4) is 0 Å². The maximum absolute atomic E-state index is 10.9. The number of carbonyl (C=O) groups is 1. The van der Waals surface area contributed by atoms with Crippen LogP contribution in [-0.4, -0.2) is 13.0 Å². The first kappa shape index (κ1) is 10.4. The van der Waals surface area contributed by atoms with Crippen LogP contribution in [0.4, 0.5) is 0 Å². The number of amides is 1. The first-order valence-corrected chi connectivity index (χ1v) is 3.77. The van der Waals surface area contributed by atoms with Crippen LogP contribution in [0.15, 0.2) is 0 Å². The maximum Gasteiger partial charge on any atom is 0.243 e. The Hall–Kier alpha value is -0.570. The fourth-order valence-electron chi connectivity index (χ4n) is 0.653. The van der Waals surface area contributed by atoms with Gasteiger partial charge in [-0.1, -0.05) is 20.8 Å². The second-order valence-electron chi connectivity index (χ2n) is 3.79. The lowest BCUT2D eigenvalue weighted by Crippen LogP contribution is -2.23. The first-order chi connectivity index (χ1) is 4.95. The number of hydroxylamine groups is 1. The van der Waals surface area contributed by atoms with E-state index in [4.69, 9.17) is 0 Å². The number of hydrogen-bond acceptors (Lipinski definition) is 2. The van der Waals surface area contributed by atoms with Crippen molar-refractivity contribution in [1.82, 2.24) is 5.48 Å². The predicted octanol–water partition coefficient (Wildman–Crippen LogP) is 1.49. The third-order valence-electron chi connectivity index (χ3n) is 1.32. The quantitative estimate of drug-likeness (QED) is 0.633. The third-order valence-corrected chi connectivity index (χ3v) is 1.32. The van der Waals surface area contributed by atoms with E-state index in [0.29, 0.717) is 6.42 Å². The Balaban J connectivity index is 3.46. The van der Waals surface area contributed by atoms with Gasteiger partial charge in [-0.2, -0.15) is 0 Å². The molecule has 0 radical (unpaired) electrons. The van der Waals surface area contributed by atoms with Crippen LogP contribution >= 0.6 is 0 Å². The number of carbonyl (C=O) groups excluding carboxylic acids is 1. The van der Waals surface area contributed by atoms with Crippen LogP contribution in [0.2, 0.25) is 0 Å². The van der Waals surface area contributed by atoms with E-state index in [-0.39, 0.29) is 11.3 Å². The minimum absolute atomic E-state index is 0.0533. The molecule has 0 unspecified atom stereocenters. The van der Waals surface area contributed by atoms with Gasteiger partial charge in [0.25, 0.3) is 0 Å². The van der Waals surface area contributed by atoms with Gasteiger partial charge in [-0.25, -0.2) is 5.48 Å². The fraction of sp³-hybridized carbons (Fsp3) is 0.875. The summed E-state index contributed by atoms with van der Waals surface area (Å²) in [4.78, 5) is 15.3. The summed E-state index contributed by atoms with van der Waals surface area (Å²) in [5.74, 6) is -0.0533. The Morgan fingerprint density at radius 3 is 2.36 bits per heavy atom. The van der Waals surface area contributed by atoms with E-state index in [2.05, 4.69) is 31.1 Å². The van der Waals surface area contributed by atoms with E-state index in [0.717, 1.165) is 6.42 Å². The Kier molecular flexibility index (Phi) is 4.11. The molecule has 0 aromatic heterocycles. The fourth-order valence-corrected chi connectivity index (χ4v) is 0.653. The molecule has 66 valence electrons. The molecule has 0 heterocycles. The van der Waals surface area contributed by atoms with Crippen molar-refractivity contribution < 1.29 is 9.63 Å². The topological polar surface area (TPSA) is 38.3 Å². The summed E-state index contributed by atoms with van der Waals surface area (Å²) in [6.45, 7) is 6.31. The molecule has 0 spiro atoms. The van der Waals surface area contributed by atoms with Gasteiger partial charge in [0.05, 0.1) is 7.11 Å². The zero-order valence-electron chi connectivity index (χ0n) is 7.73. The van der Waals surface area contributed by atoms with Crippen molar-refractivity contribution in [2.75, 3.05) is 7.11 Å². The molecule has 0 saturated heterocycles. The largest absolute Gasteiger partial charge is 0.277 e. The van der Waals surface area contributed by atoms with Gasteiger partial charge in [-0.05, 0) is 11.8 Å². The molecule has 0 saturated carbocycles. The molecule has 0 rings (SSSR count). The molecular weight excluding hydrogens is 142 g/mol. The average Bonchev–Trinajstić information content (AvgIpc) is 1.83. The highest BCUT2D eigenvalue weighted by Crippen LogP contribution is 2.19. The van der Waals surface area contributed by atoms with Gasteiger partial charge >= 0.3 is 0 Å². The van der Waals surface area contributed by atoms with Crippen molar-refractivity contribution in [3.05, 3.63) is 0 Å². The lowest BCUT2D eigenvalue weighted by atomic mass is 9.90. The van der Waals surface area contributed by atoms with Crippen molar-refractivity contribution in [1.29, 1.82) is 0 Å². The average molecular weight is 159 g/mol. The molecule has 0 bridgehead atoms. The second kappa shape index (κ2) is 4.34. The van der Waals surface area contributed by atoms with Crippen LogP contribution in [0.5, 0.6) is 0 Å². The molecule has 1 N–H and O–H groups in total. The van der Waals surface area contributed by atoms with E-state index >= 15 is 0 Å². The zero-order valence-corrected chi connectivity index (χ0v) is 7.73. The normalized spacial score (nSPS) is 11.3. The van der Waals surface area contributed by atoms with Gasteiger partial charge in [0.15, 0.2) is 0 Å². The molecule has 0 aromatic carbocycles. The van der Waals surface area contributed by atoms with Crippen molar-refractivity contribution in [2.45, 2.75) is 33.6 Å². The van der Waals surface area contributed by atoms with E-state index < -0.39 is 0 Å². The molecule has 0 atom stereocenters. The Morgan fingerprint density at radius 2 is 2.00 bits per heavy atom. The van der Waals surface area contributed by atoms with Gasteiger partial charge in [-0.15, -0.1) is 0 Å². The lowest BCUT2D eigenvalue weighted by molar-refractivity contribution is -0.131. The maximum atomic E-state index is 10.9. The van der Waals surface area contributed by atoms with Crippen molar-refractivity contribution >= 4 is 5.91 Å². The minimum Gasteiger partial charge on any atom is -0.277 e. The smallest absolute Gasteiger partial charge is 0.243 e. The molecule has 11 heavy (non-hydrogen) atoms. The first-order valence-electron chi connectivity index (χ1n) is 3.77. The van der Waals surface area contributed by atoms with Crippen LogP contribution in [-0.2, 0) is 9.63 Å². The van der Waals surface area contributed by atoms with Crippen molar-refractivity contribution in [3.8, 4) is 0 Å². The van der Waals surface area contributed by atoms with E-state index in [1.165, 1.54) is 7.11 Å². The molecule has 1 amide bonds. The molecule has 0 aromatic rings. The van der Waals surface area contributed by atoms with Gasteiger partial charge in [0, 0.05) is 6.42 Å². The molecule has 0 aliphatic carbocycles. The summed E-state index contributed by atoms with van der Waals surface area (Å²) in [5, 5.41) is 0. The Bertz CT molecular complexity index is 127. The number of rotatable bonds is 3. The zero-order chi connectivity index (χ0) is 8.91. The molecule has 0 aliphatic rings. The molecule has 0 fully saturated rings. The van der Waals surface area contributed by atoms with E-state index in [1.807, 2.05) is 0 Å². The summed E-state index contributed by atoms with van der Waals surface area (Å²) in [6, 6.07) is 0. The highest BCUT2D eigenvalue weighted by atomic mass is 16.6. The highest BCUT2D eigenvalue weighted by Gasteiger charge is 2.12. The van der Waals surface area contributed by atoms with Gasteiger partial charge in [-0.3, -0.25) is 9.63 Å². The number of hydrogen-bond donors (Lipinski definition) is 1. The van der Waals surface area contributed by atoms with Gasteiger partial charge < -0.3 is 0 Å². The molecule has 3 nitrogen and oxygen atoms in total. The van der Waals surface area contributed by atoms with Crippen molar-refractivity contribution in [2.24, 2.45) is 5.41 Å². The highest BCUT2D eigenvalue weighted by molar-refractivity contribution is 5.74. The summed E-state index contributed by atoms with van der Waals surface area (Å²) < 4.78 is 0. The second-order valence-corrected chi connectivity index (χ2v) is 3.79. The summed E-state index contributed by atoms with van der Waals surface area (Å²) >= 11 is 0. The van der Waals surface area contributed by atoms with Crippen molar-refractivity contribution in [3.63, 3.8) is 0 Å². The van der Waals surface area contributed by atoms with Crippen LogP contribution in [0.25, 0.3) is 0 Å². The number of nitrogens with one attached hydrogen (secondary N) is 1. The van der Waals surface area contributed by atoms with Crippen LogP contribution in [0.1, 0.15) is 33.6 Å².